The minimum absolute atomic E-state index is 0.176. The number of aryl methyl sites for hydroxylation is 2. The van der Waals surface area contributed by atoms with Gasteiger partial charge in [0.25, 0.3) is 5.91 Å². The number of rotatable bonds is 4. The third-order valence-electron chi connectivity index (χ3n) is 4.38. The Labute approximate surface area is 171 Å². The average molecular weight is 410 g/mol. The number of nitriles is 1. The second-order valence-electron chi connectivity index (χ2n) is 6.72. The summed E-state index contributed by atoms with van der Waals surface area (Å²) in [5.74, 6) is -0.240. The Bertz CT molecular complexity index is 1170. The number of anilines is 1. The molecule has 30 heavy (non-hydrogen) atoms. The molecule has 1 amide bonds. The third kappa shape index (κ3) is 4.78. The van der Waals surface area contributed by atoms with Crippen LogP contribution in [0.25, 0.3) is 17.4 Å². The molecule has 3 aromatic rings. The number of hydrogen-bond acceptors (Lipinski definition) is 3. The molecule has 0 unspecified atom stereocenters. The van der Waals surface area contributed by atoms with Crippen LogP contribution in [-0.4, -0.2) is 5.91 Å². The molecule has 0 aliphatic heterocycles. The summed E-state index contributed by atoms with van der Waals surface area (Å²) < 4.78 is 44.2. The van der Waals surface area contributed by atoms with E-state index in [1.165, 1.54) is 30.3 Å². The Kier molecular flexibility index (Phi) is 5.79. The molecule has 0 atom stereocenters. The van der Waals surface area contributed by atoms with Crippen molar-refractivity contribution in [2.45, 2.75) is 20.0 Å². The van der Waals surface area contributed by atoms with Gasteiger partial charge in [-0.3, -0.25) is 4.79 Å². The summed E-state index contributed by atoms with van der Waals surface area (Å²) >= 11 is 0. The molecule has 0 saturated carbocycles. The van der Waals surface area contributed by atoms with Gasteiger partial charge in [0, 0.05) is 17.3 Å². The van der Waals surface area contributed by atoms with Crippen LogP contribution in [0, 0.1) is 25.2 Å². The van der Waals surface area contributed by atoms with Gasteiger partial charge in [0.2, 0.25) is 0 Å². The van der Waals surface area contributed by atoms with E-state index in [0.29, 0.717) is 5.69 Å². The number of halogens is 3. The van der Waals surface area contributed by atoms with Crippen molar-refractivity contribution in [3.8, 4) is 17.4 Å². The highest BCUT2D eigenvalue weighted by atomic mass is 19.4. The Morgan fingerprint density at radius 2 is 1.87 bits per heavy atom. The van der Waals surface area contributed by atoms with Gasteiger partial charge in [-0.2, -0.15) is 18.4 Å². The van der Waals surface area contributed by atoms with E-state index in [9.17, 15) is 23.2 Å². The lowest BCUT2D eigenvalue weighted by atomic mass is 10.1. The van der Waals surface area contributed by atoms with E-state index >= 15 is 0 Å². The van der Waals surface area contributed by atoms with Crippen molar-refractivity contribution in [2.75, 3.05) is 5.32 Å². The number of hydrogen-bond donors (Lipinski definition) is 1. The number of amides is 1. The molecule has 0 fully saturated rings. The molecular weight excluding hydrogens is 393 g/mol. The van der Waals surface area contributed by atoms with Gasteiger partial charge in [-0.15, -0.1) is 0 Å². The van der Waals surface area contributed by atoms with Crippen LogP contribution in [0.3, 0.4) is 0 Å². The van der Waals surface area contributed by atoms with Gasteiger partial charge in [0.05, 0.1) is 5.56 Å². The lowest BCUT2D eigenvalue weighted by Gasteiger charge is -2.08. The van der Waals surface area contributed by atoms with E-state index in [1.54, 1.807) is 6.07 Å². The molecule has 2 aromatic carbocycles. The summed E-state index contributed by atoms with van der Waals surface area (Å²) in [5, 5.41) is 12.0. The molecule has 1 aromatic heterocycles. The first-order valence-corrected chi connectivity index (χ1v) is 8.95. The molecule has 0 spiro atoms. The van der Waals surface area contributed by atoms with E-state index in [1.807, 2.05) is 32.0 Å². The van der Waals surface area contributed by atoms with Crippen molar-refractivity contribution in [1.82, 2.24) is 0 Å². The molecule has 0 aliphatic rings. The Morgan fingerprint density at radius 3 is 2.53 bits per heavy atom. The largest absolute Gasteiger partial charge is 0.457 e. The molecule has 1 N–H and O–H groups in total. The van der Waals surface area contributed by atoms with Crippen LogP contribution in [0.1, 0.15) is 22.5 Å². The van der Waals surface area contributed by atoms with Gasteiger partial charge in [0.1, 0.15) is 23.2 Å². The maximum atomic E-state index is 12.9. The quantitative estimate of drug-likeness (QED) is 0.416. The molecule has 0 saturated heterocycles. The number of furan rings is 1. The second-order valence-corrected chi connectivity index (χ2v) is 6.72. The Morgan fingerprint density at radius 1 is 1.10 bits per heavy atom. The summed E-state index contributed by atoms with van der Waals surface area (Å²) in [4.78, 5) is 12.4. The predicted octanol–water partition coefficient (Wildman–Crippen LogP) is 6.13. The van der Waals surface area contributed by atoms with E-state index in [-0.39, 0.29) is 22.7 Å². The number of carbonyl (C=O) groups excluding carboxylic acids is 1. The molecule has 152 valence electrons. The Balaban J connectivity index is 1.83. The highest BCUT2D eigenvalue weighted by molar-refractivity contribution is 6.09. The fraction of sp³-hybridized carbons (Fsp3) is 0.130. The first kappa shape index (κ1) is 20.9. The number of benzene rings is 2. The minimum Gasteiger partial charge on any atom is -0.457 e. The topological polar surface area (TPSA) is 66.0 Å². The number of nitrogens with zero attached hydrogens (tertiary/aromatic N) is 1. The van der Waals surface area contributed by atoms with E-state index in [2.05, 4.69) is 5.32 Å². The number of nitrogens with one attached hydrogen (secondary N) is 1. The predicted molar refractivity (Wildman–Crippen MR) is 107 cm³/mol. The van der Waals surface area contributed by atoms with Crippen LogP contribution >= 0.6 is 0 Å². The number of alkyl halides is 3. The summed E-state index contributed by atoms with van der Waals surface area (Å²) in [6, 6.07) is 15.0. The molecule has 0 radical (unpaired) electrons. The second kappa shape index (κ2) is 8.29. The lowest BCUT2D eigenvalue weighted by Crippen LogP contribution is -2.14. The number of carbonyl (C=O) groups is 1. The molecule has 7 heteroatoms. The monoisotopic (exact) mass is 410 g/mol. The maximum Gasteiger partial charge on any atom is 0.416 e. The highest BCUT2D eigenvalue weighted by Crippen LogP contribution is 2.33. The maximum absolute atomic E-state index is 12.9. The van der Waals surface area contributed by atoms with Crippen molar-refractivity contribution in [3.63, 3.8) is 0 Å². The average Bonchev–Trinajstić information content (AvgIpc) is 3.16. The molecule has 0 bridgehead atoms. The summed E-state index contributed by atoms with van der Waals surface area (Å²) in [6.45, 7) is 3.77. The van der Waals surface area contributed by atoms with Crippen LogP contribution in [0.2, 0.25) is 0 Å². The first-order chi connectivity index (χ1) is 14.2. The minimum atomic E-state index is -4.47. The van der Waals surface area contributed by atoms with Crippen molar-refractivity contribution in [3.05, 3.63) is 82.6 Å². The van der Waals surface area contributed by atoms with E-state index in [4.69, 9.17) is 4.42 Å². The van der Waals surface area contributed by atoms with Crippen molar-refractivity contribution < 1.29 is 22.4 Å². The van der Waals surface area contributed by atoms with Crippen molar-refractivity contribution in [1.29, 1.82) is 5.26 Å². The third-order valence-corrected chi connectivity index (χ3v) is 4.38. The van der Waals surface area contributed by atoms with Crippen LogP contribution < -0.4 is 5.32 Å². The molecular formula is C23H17F3N2O2. The fourth-order valence-corrected chi connectivity index (χ4v) is 2.87. The van der Waals surface area contributed by atoms with Gasteiger partial charge >= 0.3 is 6.18 Å². The lowest BCUT2D eigenvalue weighted by molar-refractivity contribution is -0.137. The van der Waals surface area contributed by atoms with Crippen LogP contribution in [0.4, 0.5) is 18.9 Å². The van der Waals surface area contributed by atoms with Gasteiger partial charge in [-0.1, -0.05) is 29.8 Å². The summed E-state index contributed by atoms with van der Waals surface area (Å²) in [5.41, 5.74) is 1.72. The van der Waals surface area contributed by atoms with Crippen LogP contribution in [0.5, 0.6) is 0 Å². The SMILES string of the molecule is Cc1ccc(NC(=O)/C(C#N)=C/c2ccc(-c3cccc(C(F)(F)F)c3)o2)c(C)c1. The molecule has 1 heterocycles. The Hall–Kier alpha value is -3.79. The van der Waals surface area contributed by atoms with Crippen LogP contribution in [0.15, 0.2) is 64.6 Å². The van der Waals surface area contributed by atoms with Gasteiger partial charge in [-0.25, -0.2) is 0 Å². The van der Waals surface area contributed by atoms with Crippen LogP contribution in [-0.2, 0) is 11.0 Å². The van der Waals surface area contributed by atoms with E-state index < -0.39 is 17.6 Å². The fourth-order valence-electron chi connectivity index (χ4n) is 2.87. The smallest absolute Gasteiger partial charge is 0.416 e. The zero-order valence-electron chi connectivity index (χ0n) is 16.2. The molecule has 3 rings (SSSR count). The summed E-state index contributed by atoms with van der Waals surface area (Å²) in [6.07, 6.45) is -3.22. The molecule has 0 aliphatic carbocycles. The van der Waals surface area contributed by atoms with Gasteiger partial charge < -0.3 is 9.73 Å². The summed E-state index contributed by atoms with van der Waals surface area (Å²) in [7, 11) is 0. The first-order valence-electron chi connectivity index (χ1n) is 8.95. The standard InChI is InChI=1S/C23H17F3N2O2/c1-14-6-8-20(15(2)10-14)28-22(29)17(13-27)12-19-7-9-21(30-19)16-4-3-5-18(11-16)23(24,25)26/h3-12H,1-2H3,(H,28,29)/b17-12+. The zero-order valence-corrected chi connectivity index (χ0v) is 16.2. The van der Waals surface area contributed by atoms with Crippen molar-refractivity contribution >= 4 is 17.7 Å². The highest BCUT2D eigenvalue weighted by Gasteiger charge is 2.30. The van der Waals surface area contributed by atoms with Crippen molar-refractivity contribution in [2.24, 2.45) is 0 Å². The van der Waals surface area contributed by atoms with Gasteiger partial charge in [0.15, 0.2) is 0 Å². The zero-order chi connectivity index (χ0) is 21.9. The van der Waals surface area contributed by atoms with E-state index in [0.717, 1.165) is 23.3 Å². The normalized spacial score (nSPS) is 11.8. The van der Waals surface area contributed by atoms with Gasteiger partial charge in [-0.05, 0) is 49.7 Å². The molecule has 4 nitrogen and oxygen atoms in total.